The van der Waals surface area contributed by atoms with Crippen LogP contribution in [0.25, 0.3) is 0 Å². The summed E-state index contributed by atoms with van der Waals surface area (Å²) in [5.74, 6) is 1.56. The van der Waals surface area contributed by atoms with Gasteiger partial charge in [-0.15, -0.1) is 0 Å². The van der Waals surface area contributed by atoms with E-state index in [4.69, 9.17) is 4.52 Å². The average Bonchev–Trinajstić information content (AvgIpc) is 2.92. The predicted molar refractivity (Wildman–Crippen MR) is 98.4 cm³/mol. The Morgan fingerprint density at radius 3 is 2.56 bits per heavy atom. The Balaban J connectivity index is 1.97. The lowest BCUT2D eigenvalue weighted by Crippen LogP contribution is -2.40. The van der Waals surface area contributed by atoms with Gasteiger partial charge in [0.25, 0.3) is 0 Å². The number of guanidine groups is 1. The number of hydrogen-bond donors (Lipinski definition) is 2. The lowest BCUT2D eigenvalue weighted by molar-refractivity contribution is 0.391. The second-order valence-electron chi connectivity index (χ2n) is 6.47. The van der Waals surface area contributed by atoms with Crippen LogP contribution in [-0.2, 0) is 0 Å². The Kier molecular flexibility index (Phi) is 6.17. The summed E-state index contributed by atoms with van der Waals surface area (Å²) >= 11 is 0. The van der Waals surface area contributed by atoms with Gasteiger partial charge in [-0.1, -0.05) is 24.2 Å². The van der Waals surface area contributed by atoms with E-state index in [9.17, 15) is 4.39 Å². The molecule has 0 fully saturated rings. The van der Waals surface area contributed by atoms with Crippen LogP contribution in [0.3, 0.4) is 0 Å². The molecule has 25 heavy (non-hydrogen) atoms. The zero-order valence-electron chi connectivity index (χ0n) is 15.8. The van der Waals surface area contributed by atoms with Gasteiger partial charge in [0.2, 0.25) is 0 Å². The monoisotopic (exact) mass is 346 g/mol. The molecule has 6 heteroatoms. The van der Waals surface area contributed by atoms with Crippen molar-refractivity contribution in [3.63, 3.8) is 0 Å². The van der Waals surface area contributed by atoms with Crippen molar-refractivity contribution in [1.29, 1.82) is 0 Å². The highest BCUT2D eigenvalue weighted by molar-refractivity contribution is 5.80. The van der Waals surface area contributed by atoms with Gasteiger partial charge in [0, 0.05) is 25.1 Å². The fraction of sp³-hybridized carbons (Fsp3) is 0.474. The molecule has 136 valence electrons. The Morgan fingerprint density at radius 1 is 1.28 bits per heavy atom. The van der Waals surface area contributed by atoms with Gasteiger partial charge in [-0.25, -0.2) is 4.39 Å². The third kappa shape index (κ3) is 4.59. The second-order valence-corrected chi connectivity index (χ2v) is 6.47. The minimum Gasteiger partial charge on any atom is -0.361 e. The van der Waals surface area contributed by atoms with Crippen LogP contribution in [0.1, 0.15) is 54.0 Å². The third-order valence-electron chi connectivity index (χ3n) is 4.43. The van der Waals surface area contributed by atoms with E-state index < -0.39 is 0 Å². The van der Waals surface area contributed by atoms with E-state index >= 15 is 0 Å². The molecular weight excluding hydrogens is 319 g/mol. The molecule has 2 N–H and O–H groups in total. The topological polar surface area (TPSA) is 62.5 Å². The molecule has 0 aliphatic carbocycles. The van der Waals surface area contributed by atoms with Gasteiger partial charge in [0.15, 0.2) is 5.96 Å². The lowest BCUT2D eigenvalue weighted by atomic mass is 10.00. The molecule has 1 aromatic carbocycles. The summed E-state index contributed by atoms with van der Waals surface area (Å²) in [6, 6.07) is 5.22. The maximum Gasteiger partial charge on any atom is 0.191 e. The molecule has 2 rings (SSSR count). The molecule has 0 bridgehead atoms. The second kappa shape index (κ2) is 8.14. The first-order valence-corrected chi connectivity index (χ1v) is 8.49. The summed E-state index contributed by atoms with van der Waals surface area (Å²) in [4.78, 5) is 4.25. The van der Waals surface area contributed by atoms with Gasteiger partial charge in [-0.3, -0.25) is 4.99 Å². The van der Waals surface area contributed by atoms with E-state index in [1.807, 2.05) is 26.8 Å². The molecule has 5 nitrogen and oxygen atoms in total. The largest absolute Gasteiger partial charge is 0.361 e. The number of aromatic nitrogens is 1. The van der Waals surface area contributed by atoms with E-state index in [0.717, 1.165) is 22.6 Å². The number of rotatable bonds is 5. The Morgan fingerprint density at radius 2 is 2.00 bits per heavy atom. The first kappa shape index (κ1) is 19.0. The SMILES string of the molecule is CN=C(NCC(C)c1c(C)noc1C)NC(C)c1ccc(C)c(F)c1. The van der Waals surface area contributed by atoms with Crippen LogP contribution in [0.2, 0.25) is 0 Å². The number of halogens is 1. The zero-order chi connectivity index (χ0) is 18.6. The number of aliphatic imine (C=N–C) groups is 1. The summed E-state index contributed by atoms with van der Waals surface area (Å²) in [5, 5.41) is 10.6. The predicted octanol–water partition coefficient (Wildman–Crippen LogP) is 3.77. The van der Waals surface area contributed by atoms with Crippen molar-refractivity contribution in [2.45, 2.75) is 46.6 Å². The van der Waals surface area contributed by atoms with Crippen molar-refractivity contribution >= 4 is 5.96 Å². The molecule has 1 heterocycles. The summed E-state index contributed by atoms with van der Waals surface area (Å²) in [7, 11) is 1.72. The molecule has 2 aromatic rings. The Labute approximate surface area is 148 Å². The van der Waals surface area contributed by atoms with E-state index in [0.29, 0.717) is 18.1 Å². The highest BCUT2D eigenvalue weighted by atomic mass is 19.1. The quantitative estimate of drug-likeness (QED) is 0.639. The van der Waals surface area contributed by atoms with E-state index in [2.05, 4.69) is 27.7 Å². The van der Waals surface area contributed by atoms with E-state index in [-0.39, 0.29) is 17.8 Å². The molecule has 0 amide bonds. The van der Waals surface area contributed by atoms with Crippen molar-refractivity contribution in [3.05, 3.63) is 52.2 Å². The van der Waals surface area contributed by atoms with E-state index in [1.165, 1.54) is 0 Å². The highest BCUT2D eigenvalue weighted by Gasteiger charge is 2.17. The van der Waals surface area contributed by atoms with Gasteiger partial charge in [-0.05, 0) is 44.9 Å². The summed E-state index contributed by atoms with van der Waals surface area (Å²) in [6.07, 6.45) is 0. The average molecular weight is 346 g/mol. The van der Waals surface area contributed by atoms with Crippen LogP contribution in [0.4, 0.5) is 4.39 Å². The van der Waals surface area contributed by atoms with Crippen molar-refractivity contribution in [2.24, 2.45) is 4.99 Å². The molecule has 0 radical (unpaired) electrons. The van der Waals surface area contributed by atoms with Crippen molar-refractivity contribution in [3.8, 4) is 0 Å². The maximum atomic E-state index is 13.8. The van der Waals surface area contributed by atoms with Crippen LogP contribution >= 0.6 is 0 Å². The molecule has 0 aliphatic heterocycles. The van der Waals surface area contributed by atoms with Crippen LogP contribution in [0.5, 0.6) is 0 Å². The first-order chi connectivity index (χ1) is 11.8. The van der Waals surface area contributed by atoms with Crippen LogP contribution in [0.15, 0.2) is 27.7 Å². The molecule has 2 unspecified atom stereocenters. The number of aryl methyl sites for hydroxylation is 3. The summed E-state index contributed by atoms with van der Waals surface area (Å²) in [5.41, 5.74) is 3.56. The molecule has 2 atom stereocenters. The van der Waals surface area contributed by atoms with Gasteiger partial charge >= 0.3 is 0 Å². The van der Waals surface area contributed by atoms with Crippen LogP contribution in [0, 0.1) is 26.6 Å². The number of nitrogens with one attached hydrogen (secondary N) is 2. The lowest BCUT2D eigenvalue weighted by Gasteiger charge is -2.20. The van der Waals surface area contributed by atoms with Crippen LogP contribution in [-0.4, -0.2) is 24.7 Å². The first-order valence-electron chi connectivity index (χ1n) is 8.49. The highest BCUT2D eigenvalue weighted by Crippen LogP contribution is 2.22. The minimum absolute atomic E-state index is 0.0596. The van der Waals surface area contributed by atoms with Crippen LogP contribution < -0.4 is 10.6 Å². The standard InChI is InChI=1S/C19H27FN4O/c1-11-7-8-16(9-17(11)20)13(3)23-19(21-6)22-10-12(2)18-14(4)24-25-15(18)5/h7-9,12-13H,10H2,1-6H3,(H2,21,22,23). The molecular formula is C19H27FN4O. The number of nitrogens with zero attached hydrogens (tertiary/aromatic N) is 2. The summed E-state index contributed by atoms with van der Waals surface area (Å²) in [6.45, 7) is 10.4. The Bertz CT molecular complexity index is 734. The molecule has 0 aliphatic rings. The smallest absolute Gasteiger partial charge is 0.191 e. The van der Waals surface area contributed by atoms with Crippen molar-refractivity contribution in [2.75, 3.05) is 13.6 Å². The van der Waals surface area contributed by atoms with Crippen molar-refractivity contribution in [1.82, 2.24) is 15.8 Å². The zero-order valence-corrected chi connectivity index (χ0v) is 15.8. The van der Waals surface area contributed by atoms with Gasteiger partial charge in [0.05, 0.1) is 11.7 Å². The molecule has 1 aromatic heterocycles. The molecule has 0 saturated heterocycles. The maximum absolute atomic E-state index is 13.8. The minimum atomic E-state index is -0.193. The van der Waals surface area contributed by atoms with Gasteiger partial charge in [0.1, 0.15) is 11.6 Å². The fourth-order valence-corrected chi connectivity index (χ4v) is 2.91. The van der Waals surface area contributed by atoms with Crippen molar-refractivity contribution < 1.29 is 8.91 Å². The normalized spacial score (nSPS) is 14.3. The molecule has 0 saturated carbocycles. The molecule has 0 spiro atoms. The number of hydrogen-bond acceptors (Lipinski definition) is 3. The third-order valence-corrected chi connectivity index (χ3v) is 4.43. The Hall–Kier alpha value is -2.37. The summed E-state index contributed by atoms with van der Waals surface area (Å²) < 4.78 is 19.0. The van der Waals surface area contributed by atoms with Gasteiger partial charge < -0.3 is 15.2 Å². The number of benzene rings is 1. The van der Waals surface area contributed by atoms with Gasteiger partial charge in [-0.2, -0.15) is 0 Å². The fourth-order valence-electron chi connectivity index (χ4n) is 2.91. The van der Waals surface area contributed by atoms with E-state index in [1.54, 1.807) is 26.1 Å².